The van der Waals surface area contributed by atoms with Gasteiger partial charge in [0.05, 0.1) is 5.25 Å². The molecule has 1 atom stereocenters. The lowest BCUT2D eigenvalue weighted by Gasteiger charge is -2.07. The number of nitrogens with zero attached hydrogens (tertiary/aromatic N) is 2. The quantitative estimate of drug-likeness (QED) is 0.353. The molecule has 4 aromatic rings. The molecular formula is C20H16ClN3O2S. The molecule has 0 saturated carbocycles. The minimum Gasteiger partial charge on any atom is -0.411 e. The van der Waals surface area contributed by atoms with Crippen molar-refractivity contribution in [1.82, 2.24) is 15.2 Å². The highest BCUT2D eigenvalue weighted by molar-refractivity contribution is 8.00. The lowest BCUT2D eigenvalue weighted by Crippen LogP contribution is -2.14. The van der Waals surface area contributed by atoms with Gasteiger partial charge in [0.15, 0.2) is 5.78 Å². The van der Waals surface area contributed by atoms with Crippen molar-refractivity contribution in [2.45, 2.75) is 24.3 Å². The van der Waals surface area contributed by atoms with Crippen LogP contribution in [0.25, 0.3) is 22.4 Å². The minimum absolute atomic E-state index is 0.0289. The Morgan fingerprint density at radius 1 is 1.15 bits per heavy atom. The van der Waals surface area contributed by atoms with Gasteiger partial charge in [0.25, 0.3) is 5.22 Å². The summed E-state index contributed by atoms with van der Waals surface area (Å²) >= 11 is 7.16. The smallest absolute Gasteiger partial charge is 0.277 e. The number of nitrogens with one attached hydrogen (secondary N) is 1. The first-order chi connectivity index (χ1) is 13.0. The SMILES string of the molecule is Cc1[nH]c2ccccc2c1C(=O)[C@@H](C)Sc1nnc(-c2ccc(Cl)cc2)o1. The number of rotatable bonds is 5. The lowest BCUT2D eigenvalue weighted by molar-refractivity contribution is 0.0994. The van der Waals surface area contributed by atoms with E-state index < -0.39 is 0 Å². The average Bonchev–Trinajstić information content (AvgIpc) is 3.25. The van der Waals surface area contributed by atoms with Crippen molar-refractivity contribution in [3.05, 3.63) is 64.8 Å². The number of hydrogen-bond donors (Lipinski definition) is 1. The largest absolute Gasteiger partial charge is 0.411 e. The number of thioether (sulfide) groups is 1. The van der Waals surface area contributed by atoms with E-state index in [0.717, 1.165) is 22.2 Å². The van der Waals surface area contributed by atoms with Crippen LogP contribution >= 0.6 is 23.4 Å². The van der Waals surface area contributed by atoms with Gasteiger partial charge in [-0.2, -0.15) is 0 Å². The third-order valence-electron chi connectivity index (χ3n) is 4.28. The van der Waals surface area contributed by atoms with Crippen molar-refractivity contribution in [3.63, 3.8) is 0 Å². The van der Waals surface area contributed by atoms with E-state index in [-0.39, 0.29) is 11.0 Å². The molecule has 0 bridgehead atoms. The van der Waals surface area contributed by atoms with Gasteiger partial charge in [0.1, 0.15) is 0 Å². The van der Waals surface area contributed by atoms with E-state index in [2.05, 4.69) is 15.2 Å². The first-order valence-corrected chi connectivity index (χ1v) is 9.66. The van der Waals surface area contributed by atoms with Crippen LogP contribution in [0.3, 0.4) is 0 Å². The fourth-order valence-corrected chi connectivity index (χ4v) is 3.84. The zero-order valence-electron chi connectivity index (χ0n) is 14.7. The molecule has 0 unspecified atom stereocenters. The van der Waals surface area contributed by atoms with E-state index in [4.69, 9.17) is 16.0 Å². The normalized spacial score (nSPS) is 12.4. The van der Waals surface area contributed by atoms with Crippen LogP contribution in [0.5, 0.6) is 0 Å². The molecule has 27 heavy (non-hydrogen) atoms. The number of ketones is 1. The number of aromatic nitrogens is 3. The molecule has 0 spiro atoms. The van der Waals surface area contributed by atoms with E-state index >= 15 is 0 Å². The first kappa shape index (κ1) is 17.8. The van der Waals surface area contributed by atoms with Crippen LogP contribution in [0.15, 0.2) is 58.2 Å². The van der Waals surface area contributed by atoms with Gasteiger partial charge in [-0.3, -0.25) is 4.79 Å². The monoisotopic (exact) mass is 397 g/mol. The molecule has 5 nitrogen and oxygen atoms in total. The van der Waals surface area contributed by atoms with E-state index in [1.807, 2.05) is 50.2 Å². The molecule has 0 aliphatic rings. The number of fused-ring (bicyclic) bond motifs is 1. The fourth-order valence-electron chi connectivity index (χ4n) is 2.97. The van der Waals surface area contributed by atoms with Crippen molar-refractivity contribution < 1.29 is 9.21 Å². The molecular weight excluding hydrogens is 382 g/mol. The van der Waals surface area contributed by atoms with Crippen molar-refractivity contribution in [1.29, 1.82) is 0 Å². The molecule has 0 fully saturated rings. The third-order valence-corrected chi connectivity index (χ3v) is 5.47. The molecule has 1 N–H and O–H groups in total. The molecule has 0 aliphatic heterocycles. The second-order valence-corrected chi connectivity index (χ2v) is 7.90. The summed E-state index contributed by atoms with van der Waals surface area (Å²) in [4.78, 5) is 16.3. The Kier molecular flexibility index (Phi) is 4.76. The average molecular weight is 398 g/mol. The summed E-state index contributed by atoms with van der Waals surface area (Å²) in [6.45, 7) is 3.76. The molecule has 4 rings (SSSR count). The number of hydrogen-bond acceptors (Lipinski definition) is 5. The molecule has 7 heteroatoms. The predicted molar refractivity (Wildman–Crippen MR) is 107 cm³/mol. The van der Waals surface area contributed by atoms with Crippen molar-refractivity contribution in [2.24, 2.45) is 0 Å². The first-order valence-electron chi connectivity index (χ1n) is 8.40. The maximum atomic E-state index is 13.0. The van der Waals surface area contributed by atoms with Crippen LogP contribution in [0, 0.1) is 6.92 Å². The van der Waals surface area contributed by atoms with Crippen LogP contribution in [0.4, 0.5) is 0 Å². The summed E-state index contributed by atoms with van der Waals surface area (Å²) in [5, 5.41) is 9.69. The van der Waals surface area contributed by atoms with Gasteiger partial charge in [-0.05, 0) is 44.2 Å². The summed E-state index contributed by atoms with van der Waals surface area (Å²) < 4.78 is 5.70. The zero-order chi connectivity index (χ0) is 19.0. The number of benzene rings is 2. The minimum atomic E-state index is -0.360. The molecule has 0 saturated heterocycles. The number of aromatic amines is 1. The molecule has 2 aromatic heterocycles. The van der Waals surface area contributed by atoms with E-state index in [0.29, 0.717) is 21.7 Å². The fraction of sp³-hybridized carbons (Fsp3) is 0.150. The van der Waals surface area contributed by atoms with Gasteiger partial charge in [-0.1, -0.05) is 41.6 Å². The van der Waals surface area contributed by atoms with Crippen molar-refractivity contribution >= 4 is 40.0 Å². The number of Topliss-reactive ketones (excluding diaryl/α,β-unsaturated/α-hetero) is 1. The number of carbonyl (C=O) groups is 1. The highest BCUT2D eigenvalue weighted by Crippen LogP contribution is 2.31. The van der Waals surface area contributed by atoms with Crippen LogP contribution in [0.1, 0.15) is 23.0 Å². The van der Waals surface area contributed by atoms with Crippen molar-refractivity contribution in [3.8, 4) is 11.5 Å². The number of aryl methyl sites for hydroxylation is 1. The van der Waals surface area contributed by atoms with Gasteiger partial charge < -0.3 is 9.40 Å². The van der Waals surface area contributed by atoms with Gasteiger partial charge in [-0.15, -0.1) is 10.2 Å². The Balaban J connectivity index is 1.55. The Morgan fingerprint density at radius 2 is 1.89 bits per heavy atom. The maximum absolute atomic E-state index is 13.0. The number of halogens is 1. The Morgan fingerprint density at radius 3 is 2.67 bits per heavy atom. The molecule has 2 heterocycles. The third kappa shape index (κ3) is 3.50. The number of carbonyl (C=O) groups excluding carboxylic acids is 1. The van der Waals surface area contributed by atoms with Gasteiger partial charge in [0.2, 0.25) is 5.89 Å². The Bertz CT molecular complexity index is 1120. The number of para-hydroxylation sites is 1. The van der Waals surface area contributed by atoms with Crippen LogP contribution in [-0.4, -0.2) is 26.2 Å². The molecule has 0 aliphatic carbocycles. The maximum Gasteiger partial charge on any atom is 0.277 e. The Hall–Kier alpha value is -2.57. The van der Waals surface area contributed by atoms with Gasteiger partial charge in [-0.25, -0.2) is 0 Å². The van der Waals surface area contributed by atoms with Crippen molar-refractivity contribution in [2.75, 3.05) is 0 Å². The van der Waals surface area contributed by atoms with Crippen LogP contribution in [0.2, 0.25) is 5.02 Å². The van der Waals surface area contributed by atoms with Gasteiger partial charge >= 0.3 is 0 Å². The topological polar surface area (TPSA) is 71.8 Å². The highest BCUT2D eigenvalue weighted by Gasteiger charge is 2.24. The summed E-state index contributed by atoms with van der Waals surface area (Å²) in [7, 11) is 0. The second kappa shape index (κ2) is 7.21. The molecule has 136 valence electrons. The predicted octanol–water partition coefficient (Wildman–Crippen LogP) is 5.54. The lowest BCUT2D eigenvalue weighted by atomic mass is 10.1. The van der Waals surface area contributed by atoms with E-state index in [9.17, 15) is 4.79 Å². The Labute approximate surface area is 165 Å². The standard InChI is InChI=1S/C20H16ClN3O2S/c1-11-17(15-5-3-4-6-16(15)22-11)18(25)12(2)27-20-24-23-19(26-20)13-7-9-14(21)10-8-13/h3-10,12,22H,1-2H3/t12-/m1/s1. The van der Waals surface area contributed by atoms with Crippen LogP contribution in [-0.2, 0) is 0 Å². The van der Waals surface area contributed by atoms with Gasteiger partial charge in [0, 0.05) is 32.7 Å². The van der Waals surface area contributed by atoms with E-state index in [1.54, 1.807) is 12.1 Å². The summed E-state index contributed by atoms with van der Waals surface area (Å²) in [5.41, 5.74) is 3.31. The van der Waals surface area contributed by atoms with E-state index in [1.165, 1.54) is 11.8 Å². The highest BCUT2D eigenvalue weighted by atomic mass is 35.5. The molecule has 0 radical (unpaired) electrons. The summed E-state index contributed by atoms with van der Waals surface area (Å²) in [5.74, 6) is 0.429. The zero-order valence-corrected chi connectivity index (χ0v) is 16.3. The number of H-pyrrole nitrogens is 1. The second-order valence-electron chi connectivity index (χ2n) is 6.17. The summed E-state index contributed by atoms with van der Waals surface area (Å²) in [6.07, 6.45) is 0. The molecule has 0 amide bonds. The summed E-state index contributed by atoms with van der Waals surface area (Å²) in [6, 6.07) is 15.0. The van der Waals surface area contributed by atoms with Crippen LogP contribution < -0.4 is 0 Å². The molecule has 2 aromatic carbocycles.